The number of methoxy groups -OCH3 is 1. The lowest BCUT2D eigenvalue weighted by molar-refractivity contribution is -0.345. The Bertz CT molecular complexity index is 1170. The Kier molecular flexibility index (Phi) is 16.3. The number of nitrogens with zero attached hydrogens (tertiary/aromatic N) is 2. The highest BCUT2D eigenvalue weighted by Gasteiger charge is 2.49. The van der Waals surface area contributed by atoms with Crippen LogP contribution in [-0.2, 0) is 33.3 Å². The summed E-state index contributed by atoms with van der Waals surface area (Å²) >= 11 is 0. The summed E-state index contributed by atoms with van der Waals surface area (Å²) in [5.41, 5.74) is 6.21. The zero-order valence-electron chi connectivity index (χ0n) is 27.7. The van der Waals surface area contributed by atoms with Crippen molar-refractivity contribution in [3.63, 3.8) is 0 Å². The molecule has 0 amide bonds. The quantitative estimate of drug-likeness (QED) is 0.0179. The van der Waals surface area contributed by atoms with E-state index < -0.39 is 85.3 Å². The van der Waals surface area contributed by atoms with Crippen LogP contribution in [0.2, 0.25) is 0 Å². The highest BCUT2D eigenvalue weighted by atomic mass is 16.8. The third-order valence-electron chi connectivity index (χ3n) is 8.65. The van der Waals surface area contributed by atoms with E-state index in [0.717, 1.165) is 0 Å². The maximum Gasteiger partial charge on any atom is 0.337 e. The fraction of sp³-hybridized carbons (Fsp3) is 0.710. The molecule has 3 rings (SSSR count). The lowest BCUT2D eigenvalue weighted by Crippen LogP contribution is -2.61. The first-order chi connectivity index (χ1) is 23.5. The van der Waals surface area contributed by atoms with Crippen LogP contribution in [0.25, 0.3) is 0 Å². The number of likely N-dealkylation sites (tertiary alicyclic amines) is 1. The zero-order chi connectivity index (χ0) is 36.1. The van der Waals surface area contributed by atoms with Crippen molar-refractivity contribution in [3.8, 4) is 0 Å². The fourth-order valence-electron chi connectivity index (χ4n) is 6.13. The predicted molar refractivity (Wildman–Crippen MR) is 172 cm³/mol. The highest BCUT2D eigenvalue weighted by Crippen LogP contribution is 2.37. The standard InChI is InChI=1S/C31H51N5O13/c1-4-18-19(7-6-17-12-36(9-11-38)13-20(27(42)43)23(17)35-31(32)34-8-5-10-37)21(28(44)45-3)15-46-29(18)49-30-26(47-16-33-2)25(41)24(40)22(14-39)48-30/h4,6-7,15,17-20,22-26,29-30,33,37-41H,1,5,8-14,16H2,2-3H3,(H,42,43)(H3,32,34,35)/t17?,18-,19+,20?,22-,23?,24-,25+,26+,29-,30+/m1/s1. The van der Waals surface area contributed by atoms with Gasteiger partial charge in [-0.3, -0.25) is 20.0 Å². The van der Waals surface area contributed by atoms with Gasteiger partial charge in [-0.2, -0.15) is 0 Å². The molecule has 11 atom stereocenters. The SMILES string of the molecule is C=C[C@H]1[C@@H](O[C@@H]2O[C@H](CO)[C@@H](O)[C@H](O)[C@@H]2OCNC)OC=C(C(=O)OC)[C@H]1C=CC1CN(CCO)CC(C(=O)O)C1NC(N)=NCCCO. The molecule has 0 aliphatic carbocycles. The van der Waals surface area contributed by atoms with E-state index in [1.54, 1.807) is 19.2 Å². The van der Waals surface area contributed by atoms with Crippen LogP contribution >= 0.6 is 0 Å². The summed E-state index contributed by atoms with van der Waals surface area (Å²) in [5, 5.41) is 65.6. The Morgan fingerprint density at radius 2 is 1.92 bits per heavy atom. The molecule has 0 aromatic heterocycles. The van der Waals surface area contributed by atoms with Crippen LogP contribution in [0.15, 0.2) is 41.6 Å². The number of carboxylic acids is 1. The lowest BCUT2D eigenvalue weighted by Gasteiger charge is -2.44. The molecular formula is C31H51N5O13. The largest absolute Gasteiger partial charge is 0.481 e. The number of β-amino-alcohol motifs (C(OH)–C–C–N with tert-alkyl or cyclic N) is 1. The molecule has 3 unspecified atom stereocenters. The fourth-order valence-corrected chi connectivity index (χ4v) is 6.13. The van der Waals surface area contributed by atoms with E-state index in [4.69, 9.17) is 34.5 Å². The first-order valence-electron chi connectivity index (χ1n) is 16.1. The van der Waals surface area contributed by atoms with Gasteiger partial charge in [-0.05, 0) is 13.5 Å². The van der Waals surface area contributed by atoms with Gasteiger partial charge < -0.3 is 65.4 Å². The number of aliphatic imine (C=N–C) groups is 1. The van der Waals surface area contributed by atoms with Crippen molar-refractivity contribution in [2.75, 3.05) is 66.9 Å². The highest BCUT2D eigenvalue weighted by molar-refractivity contribution is 5.89. The second-order valence-electron chi connectivity index (χ2n) is 11.9. The Hall–Kier alpha value is -3.17. The molecule has 0 aromatic rings. The molecule has 49 heavy (non-hydrogen) atoms. The van der Waals surface area contributed by atoms with Gasteiger partial charge in [0, 0.05) is 44.6 Å². The van der Waals surface area contributed by atoms with Gasteiger partial charge in [0.25, 0.3) is 0 Å². The summed E-state index contributed by atoms with van der Waals surface area (Å²) in [4.78, 5) is 31.4. The molecule has 0 radical (unpaired) electrons. The van der Waals surface area contributed by atoms with Crippen LogP contribution in [0.4, 0.5) is 0 Å². The Labute approximate surface area is 284 Å². The van der Waals surface area contributed by atoms with Gasteiger partial charge in [0.05, 0.1) is 56.8 Å². The average molecular weight is 702 g/mol. The van der Waals surface area contributed by atoms with Crippen LogP contribution in [0.1, 0.15) is 6.42 Å². The van der Waals surface area contributed by atoms with E-state index in [0.29, 0.717) is 13.0 Å². The van der Waals surface area contributed by atoms with Crippen molar-refractivity contribution < 1.29 is 63.9 Å². The second kappa shape index (κ2) is 19.9. The molecule has 0 aromatic carbocycles. The van der Waals surface area contributed by atoms with Gasteiger partial charge in [0.2, 0.25) is 6.29 Å². The van der Waals surface area contributed by atoms with E-state index in [-0.39, 0.29) is 51.1 Å². The number of carbonyl (C=O) groups excluding carboxylic acids is 1. The number of aliphatic hydroxyl groups is 5. The molecule has 18 heteroatoms. The van der Waals surface area contributed by atoms with Crippen LogP contribution in [-0.4, -0.2) is 163 Å². The monoisotopic (exact) mass is 701 g/mol. The zero-order valence-corrected chi connectivity index (χ0v) is 27.7. The third kappa shape index (κ3) is 10.4. The maximum absolute atomic E-state index is 12.9. The van der Waals surface area contributed by atoms with Crippen molar-refractivity contribution in [1.82, 2.24) is 15.5 Å². The van der Waals surface area contributed by atoms with E-state index in [9.17, 15) is 35.1 Å². The van der Waals surface area contributed by atoms with Crippen LogP contribution in [0.3, 0.4) is 0 Å². The van der Waals surface area contributed by atoms with Gasteiger partial charge in [0.15, 0.2) is 12.2 Å². The van der Waals surface area contributed by atoms with Crippen molar-refractivity contribution >= 4 is 17.9 Å². The minimum atomic E-state index is -1.49. The molecule has 0 bridgehead atoms. The van der Waals surface area contributed by atoms with Crippen LogP contribution in [0.5, 0.6) is 0 Å². The molecule has 3 heterocycles. The molecule has 10 N–H and O–H groups in total. The summed E-state index contributed by atoms with van der Waals surface area (Å²) in [5.74, 6) is -4.85. The molecule has 2 fully saturated rings. The number of piperidine rings is 1. The number of nitrogens with one attached hydrogen (secondary N) is 2. The number of ether oxygens (including phenoxy) is 5. The average Bonchev–Trinajstić information content (AvgIpc) is 3.09. The number of guanidine groups is 1. The topological polar surface area (TPSA) is 267 Å². The van der Waals surface area contributed by atoms with Gasteiger partial charge in [-0.25, -0.2) is 4.79 Å². The second-order valence-corrected chi connectivity index (χ2v) is 11.9. The number of aliphatic hydroxyl groups excluding tert-OH is 5. The molecule has 0 spiro atoms. The number of nitrogens with two attached hydrogens (primary N) is 1. The van der Waals surface area contributed by atoms with Crippen LogP contribution < -0.4 is 16.4 Å². The molecular weight excluding hydrogens is 650 g/mol. The molecule has 0 saturated carbocycles. The summed E-state index contributed by atoms with van der Waals surface area (Å²) in [6.45, 7) is 3.90. The smallest absolute Gasteiger partial charge is 0.337 e. The number of allylic oxidation sites excluding steroid dienone is 1. The van der Waals surface area contributed by atoms with Crippen molar-refractivity contribution in [2.45, 2.75) is 49.5 Å². The van der Waals surface area contributed by atoms with E-state index in [1.165, 1.54) is 19.4 Å². The molecule has 278 valence electrons. The van der Waals surface area contributed by atoms with Crippen molar-refractivity contribution in [3.05, 3.63) is 36.6 Å². The Morgan fingerprint density at radius 3 is 2.53 bits per heavy atom. The number of carboxylic acid groups (broad SMARTS) is 1. The van der Waals surface area contributed by atoms with Gasteiger partial charge in [-0.1, -0.05) is 18.2 Å². The van der Waals surface area contributed by atoms with Crippen molar-refractivity contribution in [2.24, 2.45) is 34.4 Å². The number of hydrogen-bond acceptors (Lipinski definition) is 15. The van der Waals surface area contributed by atoms with E-state index in [2.05, 4.69) is 22.2 Å². The van der Waals surface area contributed by atoms with Gasteiger partial charge >= 0.3 is 11.9 Å². The first kappa shape index (κ1) is 40.3. The summed E-state index contributed by atoms with van der Waals surface area (Å²) in [6, 6.07) is -0.745. The van der Waals surface area contributed by atoms with Gasteiger partial charge in [-0.15, -0.1) is 6.58 Å². The van der Waals surface area contributed by atoms with E-state index >= 15 is 0 Å². The number of carbonyl (C=O) groups is 2. The first-order valence-corrected chi connectivity index (χ1v) is 16.1. The summed E-state index contributed by atoms with van der Waals surface area (Å²) < 4.78 is 28.4. The maximum atomic E-state index is 12.9. The number of aliphatic carboxylic acids is 1. The minimum Gasteiger partial charge on any atom is -0.481 e. The molecule has 18 nitrogen and oxygen atoms in total. The molecule has 3 aliphatic heterocycles. The summed E-state index contributed by atoms with van der Waals surface area (Å²) in [6.07, 6.45) is -1.40. The number of rotatable bonds is 17. The lowest BCUT2D eigenvalue weighted by atomic mass is 9.79. The normalized spacial score (nSPS) is 34.2. The number of hydrogen-bond donors (Lipinski definition) is 9. The van der Waals surface area contributed by atoms with Gasteiger partial charge in [0.1, 0.15) is 24.4 Å². The number of esters is 1. The van der Waals surface area contributed by atoms with Crippen LogP contribution in [0, 0.1) is 23.7 Å². The van der Waals surface area contributed by atoms with Crippen molar-refractivity contribution in [1.29, 1.82) is 0 Å². The Balaban J connectivity index is 1.98. The van der Waals surface area contributed by atoms with E-state index in [1.807, 2.05) is 4.90 Å². The predicted octanol–water partition coefficient (Wildman–Crippen LogP) is -3.33. The summed E-state index contributed by atoms with van der Waals surface area (Å²) in [7, 11) is 2.82. The minimum absolute atomic E-state index is 0.00775. The molecule has 3 aliphatic rings. The Morgan fingerprint density at radius 1 is 1.16 bits per heavy atom. The molecule has 2 saturated heterocycles. The third-order valence-corrected chi connectivity index (χ3v) is 8.65.